The van der Waals surface area contributed by atoms with Gasteiger partial charge in [-0.25, -0.2) is 19.6 Å². The van der Waals surface area contributed by atoms with E-state index in [2.05, 4.69) is 121 Å². The number of likely N-dealkylation sites (tertiary alicyclic amines) is 2. The van der Waals surface area contributed by atoms with Crippen LogP contribution in [0.15, 0.2) is 72.8 Å². The number of methoxy groups -OCH3 is 2. The van der Waals surface area contributed by atoms with Crippen LogP contribution in [0.1, 0.15) is 120 Å². The van der Waals surface area contributed by atoms with Crippen molar-refractivity contribution in [2.24, 2.45) is 23.7 Å². The van der Waals surface area contributed by atoms with E-state index in [1.807, 2.05) is 37.5 Å². The molecule has 0 saturated carbocycles. The van der Waals surface area contributed by atoms with Crippen LogP contribution in [-0.2, 0) is 38.3 Å². The Labute approximate surface area is 410 Å². The van der Waals surface area contributed by atoms with Gasteiger partial charge in [-0.15, -0.1) is 0 Å². The second-order valence-corrected chi connectivity index (χ2v) is 21.0. The largest absolute Gasteiger partial charge is 0.453 e. The number of benzene rings is 4. The molecule has 6 aromatic rings. The number of aromatic amines is 2. The number of fused-ring (bicyclic) bond motifs is 2. The van der Waals surface area contributed by atoms with Gasteiger partial charge in [-0.3, -0.25) is 9.59 Å². The van der Waals surface area contributed by atoms with Crippen LogP contribution in [0.25, 0.3) is 44.3 Å². The Morgan fingerprint density at radius 3 is 1.83 bits per heavy atom. The second-order valence-electron chi connectivity index (χ2n) is 21.0. The number of hydrogen-bond acceptors (Lipinski definition) is 8. The van der Waals surface area contributed by atoms with Gasteiger partial charge >= 0.3 is 12.2 Å². The Balaban J connectivity index is 0.973. The van der Waals surface area contributed by atoms with Crippen molar-refractivity contribution in [1.29, 1.82) is 0 Å². The number of carbonyl (C=O) groups is 4. The Kier molecular flexibility index (Phi) is 13.5. The zero-order valence-corrected chi connectivity index (χ0v) is 42.2. The zero-order valence-electron chi connectivity index (χ0n) is 42.2. The number of aryl methyl sites for hydroxylation is 2. The van der Waals surface area contributed by atoms with E-state index in [0.717, 1.165) is 76.9 Å². The van der Waals surface area contributed by atoms with Crippen molar-refractivity contribution in [3.63, 3.8) is 0 Å². The second kappa shape index (κ2) is 19.6. The molecule has 2 aliphatic heterocycles. The van der Waals surface area contributed by atoms with Gasteiger partial charge in [-0.05, 0) is 137 Å². The van der Waals surface area contributed by atoms with E-state index in [9.17, 15) is 19.2 Å². The van der Waals surface area contributed by atoms with E-state index < -0.39 is 24.3 Å². The molecular weight excluding hydrogens is 881 g/mol. The standard InChI is InChI=1S/C56H68N8O6/c1-29(2)49(61-55(67)69-9)53(65)63-28-31(5)21-47(63)51-57-43-19-17-39(26-45(43)59-51)41-24-35-11-13-36-15-16-37(33(7)22-38(41)14-12-35)25-42(36)40-18-20-44-46(27-40)60-52(58-44)48-23-32(6)34(8)64(48)54(66)50(30(3)4)62-56(68)70-10/h12,14-20,24-27,29-34,47-50H,11,13,21-23,28H2,1-10H3,(H,57,59)(H,58,60)(H,61,67)(H,62,68)/t31-,32-,33-,34-,47+,48+,49+,50+/m1/s1. The van der Waals surface area contributed by atoms with Crippen LogP contribution in [0.5, 0.6) is 0 Å². The van der Waals surface area contributed by atoms with Crippen LogP contribution in [-0.4, -0.2) is 92.6 Å². The summed E-state index contributed by atoms with van der Waals surface area (Å²) in [5.74, 6) is 1.72. The van der Waals surface area contributed by atoms with Gasteiger partial charge in [-0.2, -0.15) is 0 Å². The summed E-state index contributed by atoms with van der Waals surface area (Å²) in [6.45, 7) is 17.0. The van der Waals surface area contributed by atoms with Crippen LogP contribution in [0, 0.1) is 23.7 Å². The first-order valence-electron chi connectivity index (χ1n) is 25.1. The normalized spacial score (nSPS) is 22.1. The molecule has 0 spiro atoms. The first-order chi connectivity index (χ1) is 33.5. The number of ether oxygens (including phenoxy) is 2. The summed E-state index contributed by atoms with van der Waals surface area (Å²) in [6.07, 6.45) is 2.85. The summed E-state index contributed by atoms with van der Waals surface area (Å²) in [4.78, 5) is 73.8. The number of nitrogens with zero attached hydrogens (tertiary/aromatic N) is 4. The maximum atomic E-state index is 14.2. The lowest BCUT2D eigenvalue weighted by molar-refractivity contribution is -0.137. The molecule has 6 aliphatic rings. The molecule has 14 nitrogen and oxygen atoms in total. The smallest absolute Gasteiger partial charge is 0.407 e. The SMILES string of the molecule is COC(=O)N[C@H](C(=O)N1C[C@H](C)C[C@H]1c1nc2ccc(-c3cc4ccc3C[C@@H](C)c3ccc(c(-c5ccc6nc([C@@H]7C[C@@H](C)[C@@H](C)N7C(=O)[C@@H](NC(=O)OC)C(C)C)[nH]c6c5)c3)CC4)cc2[nH]1)C(C)C. The van der Waals surface area contributed by atoms with Crippen molar-refractivity contribution < 1.29 is 28.7 Å². The molecule has 2 aromatic heterocycles. The third-order valence-corrected chi connectivity index (χ3v) is 15.4. The highest BCUT2D eigenvalue weighted by molar-refractivity contribution is 5.89. The number of hydrogen-bond donors (Lipinski definition) is 4. The Morgan fingerprint density at radius 2 is 1.23 bits per heavy atom. The number of amides is 4. The molecule has 0 unspecified atom stereocenters. The average molecular weight is 949 g/mol. The van der Waals surface area contributed by atoms with Crippen LogP contribution in [0.2, 0.25) is 0 Å². The molecule has 4 N–H and O–H groups in total. The molecule has 368 valence electrons. The molecule has 4 amide bonds. The zero-order chi connectivity index (χ0) is 49.7. The van der Waals surface area contributed by atoms with Crippen molar-refractivity contribution in [2.75, 3.05) is 20.8 Å². The summed E-state index contributed by atoms with van der Waals surface area (Å²) in [5, 5.41) is 5.54. The van der Waals surface area contributed by atoms with Gasteiger partial charge in [0.25, 0.3) is 0 Å². The molecule has 12 rings (SSSR count). The minimum Gasteiger partial charge on any atom is -0.453 e. The Bertz CT molecular complexity index is 2960. The van der Waals surface area contributed by atoms with E-state index in [-0.39, 0.29) is 59.5 Å². The van der Waals surface area contributed by atoms with Crippen LogP contribution in [0.4, 0.5) is 9.59 Å². The minimum absolute atomic E-state index is 0.0397. The van der Waals surface area contributed by atoms with Gasteiger partial charge in [0, 0.05) is 12.6 Å². The molecule has 2 saturated heterocycles. The first-order valence-corrected chi connectivity index (χ1v) is 25.1. The van der Waals surface area contributed by atoms with Crippen LogP contribution < -0.4 is 10.6 Å². The predicted octanol–water partition coefficient (Wildman–Crippen LogP) is 10.2. The van der Waals surface area contributed by atoms with E-state index in [1.54, 1.807) is 0 Å². The molecule has 8 atom stereocenters. The third kappa shape index (κ3) is 9.36. The lowest BCUT2D eigenvalue weighted by atomic mass is 9.84. The molecule has 14 heteroatoms. The lowest BCUT2D eigenvalue weighted by Gasteiger charge is -2.33. The fourth-order valence-corrected chi connectivity index (χ4v) is 11.2. The molecular formula is C56H68N8O6. The molecule has 2 fully saturated rings. The molecule has 0 radical (unpaired) electrons. The quantitative estimate of drug-likeness (QED) is 0.105. The van der Waals surface area contributed by atoms with E-state index in [1.165, 1.54) is 47.6 Å². The van der Waals surface area contributed by atoms with Crippen molar-refractivity contribution in [3.05, 3.63) is 107 Å². The molecule has 4 aliphatic carbocycles. The summed E-state index contributed by atoms with van der Waals surface area (Å²) in [6, 6.07) is 24.8. The number of carbonyl (C=O) groups excluding carboxylic acids is 4. The number of H-pyrrole nitrogens is 2. The summed E-state index contributed by atoms with van der Waals surface area (Å²) >= 11 is 0. The molecule has 4 heterocycles. The van der Waals surface area contributed by atoms with Crippen LogP contribution >= 0.6 is 0 Å². The topological polar surface area (TPSA) is 175 Å². The van der Waals surface area contributed by atoms with Gasteiger partial charge < -0.3 is 39.9 Å². The fourth-order valence-electron chi connectivity index (χ4n) is 11.2. The van der Waals surface area contributed by atoms with Gasteiger partial charge in [0.1, 0.15) is 23.7 Å². The number of imidazole rings is 2. The van der Waals surface area contributed by atoms with Crippen molar-refractivity contribution in [2.45, 2.75) is 124 Å². The van der Waals surface area contributed by atoms with Gasteiger partial charge in [0.15, 0.2) is 0 Å². The van der Waals surface area contributed by atoms with Gasteiger partial charge in [0.05, 0.1) is 48.4 Å². The lowest BCUT2D eigenvalue weighted by Crippen LogP contribution is -2.53. The number of alkyl carbamates (subject to hydrolysis) is 2. The first kappa shape index (κ1) is 48.3. The monoisotopic (exact) mass is 949 g/mol. The number of rotatable bonds is 10. The Hall–Kier alpha value is -6.70. The number of nitrogens with one attached hydrogen (secondary N) is 4. The van der Waals surface area contributed by atoms with E-state index in [0.29, 0.717) is 6.54 Å². The summed E-state index contributed by atoms with van der Waals surface area (Å²) in [7, 11) is 2.62. The average Bonchev–Trinajstić information content (AvgIpc) is 4.14. The van der Waals surface area contributed by atoms with Crippen molar-refractivity contribution >= 4 is 46.1 Å². The van der Waals surface area contributed by atoms with Crippen molar-refractivity contribution in [1.82, 2.24) is 40.4 Å². The van der Waals surface area contributed by atoms with E-state index in [4.69, 9.17) is 19.4 Å². The van der Waals surface area contributed by atoms with Gasteiger partial charge in [0.2, 0.25) is 11.8 Å². The summed E-state index contributed by atoms with van der Waals surface area (Å²) in [5.41, 5.74) is 13.3. The predicted molar refractivity (Wildman–Crippen MR) is 272 cm³/mol. The van der Waals surface area contributed by atoms with Crippen molar-refractivity contribution in [3.8, 4) is 22.3 Å². The molecule has 4 aromatic carbocycles. The van der Waals surface area contributed by atoms with Crippen LogP contribution in [0.3, 0.4) is 0 Å². The maximum absolute atomic E-state index is 14.2. The molecule has 70 heavy (non-hydrogen) atoms. The highest BCUT2D eigenvalue weighted by Crippen LogP contribution is 2.42. The third-order valence-electron chi connectivity index (χ3n) is 15.4. The highest BCUT2D eigenvalue weighted by Gasteiger charge is 2.45. The maximum Gasteiger partial charge on any atom is 0.407 e. The summed E-state index contributed by atoms with van der Waals surface area (Å²) < 4.78 is 9.72. The molecule has 4 bridgehead atoms. The fraction of sp³-hybridized carbons (Fsp3) is 0.464. The minimum atomic E-state index is -0.723. The Morgan fingerprint density at radius 1 is 0.657 bits per heavy atom. The van der Waals surface area contributed by atoms with E-state index >= 15 is 0 Å². The highest BCUT2D eigenvalue weighted by atomic mass is 16.5. The van der Waals surface area contributed by atoms with Gasteiger partial charge in [-0.1, -0.05) is 97.0 Å². The number of aromatic nitrogens is 4.